The van der Waals surface area contributed by atoms with Crippen LogP contribution in [0.25, 0.3) is 6.08 Å². The topological polar surface area (TPSA) is 49.6 Å². The molecule has 0 spiro atoms. The summed E-state index contributed by atoms with van der Waals surface area (Å²) in [6, 6.07) is 14.9. The van der Waals surface area contributed by atoms with E-state index < -0.39 is 0 Å². The number of nitrogens with zero attached hydrogens (tertiary/aromatic N) is 3. The van der Waals surface area contributed by atoms with Crippen LogP contribution in [-0.4, -0.2) is 47.4 Å². The van der Waals surface area contributed by atoms with Gasteiger partial charge >= 0.3 is 0 Å². The molecule has 1 saturated heterocycles. The van der Waals surface area contributed by atoms with E-state index in [0.29, 0.717) is 11.6 Å². The summed E-state index contributed by atoms with van der Waals surface area (Å²) >= 11 is 6.21. The molecule has 0 saturated carbocycles. The Hall–Kier alpha value is -2.21. The predicted molar refractivity (Wildman–Crippen MR) is 105 cm³/mol. The fourth-order valence-electron chi connectivity index (χ4n) is 3.07. The van der Waals surface area contributed by atoms with Gasteiger partial charge in [-0.15, -0.1) is 0 Å². The molecule has 26 heavy (non-hydrogen) atoms. The van der Waals surface area contributed by atoms with Crippen LogP contribution in [0.3, 0.4) is 0 Å². The quantitative estimate of drug-likeness (QED) is 0.567. The van der Waals surface area contributed by atoms with Crippen molar-refractivity contribution in [3.8, 4) is 0 Å². The molecule has 6 heteroatoms. The number of halogens is 1. The van der Waals surface area contributed by atoms with E-state index in [1.807, 2.05) is 18.2 Å². The van der Waals surface area contributed by atoms with Crippen molar-refractivity contribution in [3.63, 3.8) is 0 Å². The van der Waals surface area contributed by atoms with Gasteiger partial charge in [-0.25, -0.2) is 0 Å². The van der Waals surface area contributed by atoms with E-state index in [2.05, 4.69) is 34.1 Å². The molecule has 1 fully saturated rings. The highest BCUT2D eigenvalue weighted by atomic mass is 35.5. The second-order valence-corrected chi connectivity index (χ2v) is 6.83. The molecule has 5 nitrogen and oxygen atoms in total. The van der Waals surface area contributed by atoms with Crippen molar-refractivity contribution < 1.29 is 4.92 Å². The number of rotatable bonds is 6. The predicted octanol–water partition coefficient (Wildman–Crippen LogP) is 4.08. The molecule has 0 radical (unpaired) electrons. The zero-order chi connectivity index (χ0) is 18.4. The summed E-state index contributed by atoms with van der Waals surface area (Å²) in [6.45, 7) is 5.39. The third-order valence-electron chi connectivity index (χ3n) is 4.57. The van der Waals surface area contributed by atoms with Crippen LogP contribution >= 0.6 is 11.6 Å². The first-order chi connectivity index (χ1) is 12.6. The Morgan fingerprint density at radius 2 is 1.73 bits per heavy atom. The molecule has 1 heterocycles. The number of non-ortho nitro benzene ring substituents is 1. The summed E-state index contributed by atoms with van der Waals surface area (Å²) < 4.78 is 0. The van der Waals surface area contributed by atoms with Crippen LogP contribution in [0, 0.1) is 10.1 Å². The van der Waals surface area contributed by atoms with E-state index >= 15 is 0 Å². The maximum Gasteiger partial charge on any atom is 0.269 e. The van der Waals surface area contributed by atoms with Gasteiger partial charge in [-0.05, 0) is 17.2 Å². The highest BCUT2D eigenvalue weighted by Crippen LogP contribution is 2.23. The highest BCUT2D eigenvalue weighted by molar-refractivity contribution is 6.31. The Labute approximate surface area is 158 Å². The first kappa shape index (κ1) is 18.6. The molecule has 1 aliphatic heterocycles. The first-order valence-corrected chi connectivity index (χ1v) is 9.09. The fraction of sp³-hybridized carbons (Fsp3) is 0.300. The monoisotopic (exact) mass is 371 g/mol. The Morgan fingerprint density at radius 1 is 1.04 bits per heavy atom. The first-order valence-electron chi connectivity index (χ1n) is 8.71. The van der Waals surface area contributed by atoms with Crippen molar-refractivity contribution in [1.82, 2.24) is 9.80 Å². The van der Waals surface area contributed by atoms with E-state index in [-0.39, 0.29) is 10.6 Å². The lowest BCUT2D eigenvalue weighted by Crippen LogP contribution is -2.45. The van der Waals surface area contributed by atoms with Crippen LogP contribution in [0.4, 0.5) is 5.69 Å². The number of nitro benzene ring substituents is 1. The molecular formula is C20H22ClN3O2. The van der Waals surface area contributed by atoms with Gasteiger partial charge in [-0.2, -0.15) is 0 Å². The van der Waals surface area contributed by atoms with E-state index in [0.717, 1.165) is 38.3 Å². The second-order valence-electron chi connectivity index (χ2n) is 6.42. The number of hydrogen-bond donors (Lipinski definition) is 0. The normalized spacial score (nSPS) is 16.2. The third kappa shape index (κ3) is 5.14. The van der Waals surface area contributed by atoms with Gasteiger partial charge in [0.05, 0.1) is 4.92 Å². The summed E-state index contributed by atoms with van der Waals surface area (Å²) in [7, 11) is 0. The molecule has 0 atom stereocenters. The van der Waals surface area contributed by atoms with Crippen LogP contribution in [0.15, 0.2) is 54.6 Å². The summed E-state index contributed by atoms with van der Waals surface area (Å²) in [5.74, 6) is 0. The average Bonchev–Trinajstić information content (AvgIpc) is 2.65. The third-order valence-corrected chi connectivity index (χ3v) is 4.94. The van der Waals surface area contributed by atoms with Crippen molar-refractivity contribution in [2.45, 2.75) is 6.54 Å². The molecule has 1 aliphatic rings. The standard InChI is InChI=1S/C20H22ClN3O2/c21-20-9-8-19(24(25)26)15-18(20)16-23-13-11-22(12-14-23)10-4-7-17-5-2-1-3-6-17/h1-9,15H,10-14,16H2/b7-4+. The van der Waals surface area contributed by atoms with E-state index in [9.17, 15) is 10.1 Å². The maximum absolute atomic E-state index is 10.9. The van der Waals surface area contributed by atoms with E-state index in [1.54, 1.807) is 12.1 Å². The molecule has 0 unspecified atom stereocenters. The van der Waals surface area contributed by atoms with Crippen LogP contribution in [0.5, 0.6) is 0 Å². The average molecular weight is 372 g/mol. The molecule has 0 aliphatic carbocycles. The van der Waals surface area contributed by atoms with Crippen LogP contribution in [-0.2, 0) is 6.54 Å². The molecule has 136 valence electrons. The van der Waals surface area contributed by atoms with Gasteiger partial charge in [0.1, 0.15) is 0 Å². The molecule has 2 aromatic carbocycles. The van der Waals surface area contributed by atoms with Crippen LogP contribution in [0.1, 0.15) is 11.1 Å². The molecular weight excluding hydrogens is 350 g/mol. The van der Waals surface area contributed by atoms with E-state index in [1.165, 1.54) is 11.6 Å². The minimum atomic E-state index is -0.378. The van der Waals surface area contributed by atoms with Gasteiger partial charge in [-0.1, -0.05) is 54.1 Å². The number of piperazine rings is 1. The Balaban J connectivity index is 1.49. The lowest BCUT2D eigenvalue weighted by atomic mass is 10.1. The lowest BCUT2D eigenvalue weighted by Gasteiger charge is -2.34. The second kappa shape index (κ2) is 8.94. The SMILES string of the molecule is O=[N+]([O-])c1ccc(Cl)c(CN2CCN(C/C=C/c3ccccc3)CC2)c1. The molecule has 0 amide bonds. The van der Waals surface area contributed by atoms with Crippen LogP contribution in [0.2, 0.25) is 5.02 Å². The van der Waals surface area contributed by atoms with Crippen LogP contribution < -0.4 is 0 Å². The molecule has 0 N–H and O–H groups in total. The minimum Gasteiger partial charge on any atom is -0.297 e. The Bertz CT molecular complexity index is 772. The maximum atomic E-state index is 10.9. The van der Waals surface area contributed by atoms with Crippen molar-refractivity contribution in [1.29, 1.82) is 0 Å². The van der Waals surface area contributed by atoms with Gasteiger partial charge in [0.15, 0.2) is 0 Å². The van der Waals surface area contributed by atoms with Crippen molar-refractivity contribution in [3.05, 3.63) is 80.9 Å². The summed E-state index contributed by atoms with van der Waals surface area (Å²) in [5.41, 5.74) is 2.12. The van der Waals surface area contributed by atoms with Gasteiger partial charge in [0.2, 0.25) is 0 Å². The van der Waals surface area contributed by atoms with Gasteiger partial charge < -0.3 is 0 Å². The van der Waals surface area contributed by atoms with Gasteiger partial charge in [0.25, 0.3) is 5.69 Å². The Morgan fingerprint density at radius 3 is 2.42 bits per heavy atom. The zero-order valence-electron chi connectivity index (χ0n) is 14.6. The number of hydrogen-bond acceptors (Lipinski definition) is 4. The number of benzene rings is 2. The fourth-order valence-corrected chi connectivity index (χ4v) is 3.25. The zero-order valence-corrected chi connectivity index (χ0v) is 15.3. The minimum absolute atomic E-state index is 0.0917. The number of nitro groups is 1. The highest BCUT2D eigenvalue weighted by Gasteiger charge is 2.18. The van der Waals surface area contributed by atoms with Crippen molar-refractivity contribution >= 4 is 23.4 Å². The molecule has 3 rings (SSSR count). The largest absolute Gasteiger partial charge is 0.297 e. The van der Waals surface area contributed by atoms with Crippen molar-refractivity contribution in [2.24, 2.45) is 0 Å². The van der Waals surface area contributed by atoms with Gasteiger partial charge in [-0.3, -0.25) is 19.9 Å². The molecule has 2 aromatic rings. The Kier molecular flexibility index (Phi) is 6.39. The van der Waals surface area contributed by atoms with E-state index in [4.69, 9.17) is 11.6 Å². The lowest BCUT2D eigenvalue weighted by molar-refractivity contribution is -0.384. The summed E-state index contributed by atoms with van der Waals surface area (Å²) in [5, 5.41) is 11.5. The van der Waals surface area contributed by atoms with Gasteiger partial charge in [0, 0.05) is 56.4 Å². The summed E-state index contributed by atoms with van der Waals surface area (Å²) in [6.07, 6.45) is 4.34. The molecule has 0 bridgehead atoms. The smallest absolute Gasteiger partial charge is 0.269 e. The summed E-state index contributed by atoms with van der Waals surface area (Å²) in [4.78, 5) is 15.3. The molecule has 0 aromatic heterocycles. The van der Waals surface area contributed by atoms with Crippen molar-refractivity contribution in [2.75, 3.05) is 32.7 Å².